The summed E-state index contributed by atoms with van der Waals surface area (Å²) in [6.45, 7) is 10.6. The predicted molar refractivity (Wildman–Crippen MR) is 105 cm³/mol. The van der Waals surface area contributed by atoms with Gasteiger partial charge in [0.15, 0.2) is 0 Å². The molecule has 0 saturated heterocycles. The average Bonchev–Trinajstić information content (AvgIpc) is 2.63. The monoisotopic (exact) mass is 335 g/mol. The smallest absolute Gasteiger partial charge is 0.0411 e. The Balaban J connectivity index is 2.52. The van der Waals surface area contributed by atoms with E-state index in [0.29, 0.717) is 17.8 Å². The van der Waals surface area contributed by atoms with Crippen LogP contribution in [0.25, 0.3) is 16.5 Å². The van der Waals surface area contributed by atoms with Crippen molar-refractivity contribution in [1.29, 1.82) is 0 Å². The second kappa shape index (κ2) is 8.57. The Kier molecular flexibility index (Phi) is 6.46. The lowest BCUT2D eigenvalue weighted by Gasteiger charge is -2.29. The molecular weight excluding hydrogens is 308 g/mol. The van der Waals surface area contributed by atoms with Crippen LogP contribution in [0.2, 0.25) is 0 Å². The molecule has 0 aliphatic carbocycles. The van der Waals surface area contributed by atoms with Crippen molar-refractivity contribution in [2.75, 3.05) is 33.7 Å². The molecule has 132 valence electrons. The SMILES string of the molecule is C=C=C(CN(CC)CC)/C(=C(\[O-])c1ccc2ccccc2c1)N(C)C. The van der Waals surface area contributed by atoms with E-state index < -0.39 is 0 Å². The summed E-state index contributed by atoms with van der Waals surface area (Å²) in [6.07, 6.45) is 0. The van der Waals surface area contributed by atoms with Crippen molar-refractivity contribution in [3.63, 3.8) is 0 Å². The zero-order valence-electron chi connectivity index (χ0n) is 15.7. The van der Waals surface area contributed by atoms with Crippen molar-refractivity contribution >= 4 is 16.5 Å². The molecule has 0 aliphatic heterocycles. The molecule has 0 aliphatic rings. The minimum atomic E-state index is 0.00839. The molecule has 0 N–H and O–H groups in total. The number of nitrogens with zero attached hydrogens (tertiary/aromatic N) is 2. The van der Waals surface area contributed by atoms with Crippen LogP contribution in [0.4, 0.5) is 0 Å². The number of benzene rings is 2. The van der Waals surface area contributed by atoms with Gasteiger partial charge in [-0.1, -0.05) is 62.6 Å². The third-order valence-corrected chi connectivity index (χ3v) is 4.45. The molecule has 0 saturated carbocycles. The lowest BCUT2D eigenvalue weighted by Crippen LogP contribution is -2.29. The summed E-state index contributed by atoms with van der Waals surface area (Å²) >= 11 is 0. The van der Waals surface area contributed by atoms with E-state index in [4.69, 9.17) is 0 Å². The maximum absolute atomic E-state index is 13.2. The molecule has 2 aromatic carbocycles. The van der Waals surface area contributed by atoms with E-state index in [2.05, 4.69) is 37.1 Å². The number of likely N-dealkylation sites (N-methyl/N-ethyl adjacent to an activating group) is 2. The van der Waals surface area contributed by atoms with Crippen molar-refractivity contribution in [3.05, 3.63) is 71.6 Å². The molecule has 0 atom stereocenters. The average molecular weight is 335 g/mol. The van der Waals surface area contributed by atoms with E-state index in [9.17, 15) is 5.11 Å². The standard InChI is InChI=1S/C22H28N2O/c1-6-17(16-24(7-2)8-3)21(23(4)5)22(25)20-14-13-18-11-9-10-12-19(18)15-20/h9-15,25H,1,7-8,16H2,2-5H3/p-1/b22-21+. The molecule has 0 aromatic heterocycles. The summed E-state index contributed by atoms with van der Waals surface area (Å²) in [5, 5.41) is 15.4. The van der Waals surface area contributed by atoms with Crippen LogP contribution < -0.4 is 5.11 Å². The Bertz CT molecular complexity index is 810. The van der Waals surface area contributed by atoms with Crippen molar-refractivity contribution in [3.8, 4) is 0 Å². The summed E-state index contributed by atoms with van der Waals surface area (Å²) < 4.78 is 0. The van der Waals surface area contributed by atoms with Crippen LogP contribution in [0.5, 0.6) is 0 Å². The molecule has 0 radical (unpaired) electrons. The lowest BCUT2D eigenvalue weighted by molar-refractivity contribution is -0.245. The highest BCUT2D eigenvalue weighted by atomic mass is 16.3. The van der Waals surface area contributed by atoms with Crippen molar-refractivity contribution in [2.24, 2.45) is 0 Å². The third-order valence-electron chi connectivity index (χ3n) is 4.45. The first-order chi connectivity index (χ1) is 12.0. The fourth-order valence-corrected chi connectivity index (χ4v) is 2.96. The Morgan fingerprint density at radius 3 is 2.24 bits per heavy atom. The van der Waals surface area contributed by atoms with Gasteiger partial charge in [0.1, 0.15) is 0 Å². The normalized spacial score (nSPS) is 12.0. The molecule has 2 rings (SSSR count). The molecule has 0 heterocycles. The molecule has 3 heteroatoms. The van der Waals surface area contributed by atoms with Gasteiger partial charge in [-0.2, -0.15) is 0 Å². The van der Waals surface area contributed by atoms with Crippen molar-refractivity contribution in [1.82, 2.24) is 9.80 Å². The fourth-order valence-electron chi connectivity index (χ4n) is 2.96. The quantitative estimate of drug-likeness (QED) is 0.441. The Hall–Kier alpha value is -2.48. The molecule has 0 spiro atoms. The third kappa shape index (κ3) is 4.33. The van der Waals surface area contributed by atoms with Crippen LogP contribution in [-0.2, 0) is 0 Å². The van der Waals surface area contributed by atoms with Crippen molar-refractivity contribution in [2.45, 2.75) is 13.8 Å². The molecule has 0 fully saturated rings. The van der Waals surface area contributed by atoms with Crippen LogP contribution in [0, 0.1) is 0 Å². The topological polar surface area (TPSA) is 29.5 Å². The van der Waals surface area contributed by atoms with Gasteiger partial charge in [-0.25, -0.2) is 0 Å². The highest BCUT2D eigenvalue weighted by molar-refractivity contribution is 5.85. The minimum Gasteiger partial charge on any atom is -0.871 e. The van der Waals surface area contributed by atoms with Crippen LogP contribution in [0.3, 0.4) is 0 Å². The van der Waals surface area contributed by atoms with Crippen molar-refractivity contribution < 1.29 is 5.11 Å². The van der Waals surface area contributed by atoms with Crippen LogP contribution >= 0.6 is 0 Å². The lowest BCUT2D eigenvalue weighted by atomic mass is 10.0. The second-order valence-electron chi connectivity index (χ2n) is 6.25. The van der Waals surface area contributed by atoms with Gasteiger partial charge in [0.2, 0.25) is 0 Å². The zero-order chi connectivity index (χ0) is 18.4. The molecule has 2 aromatic rings. The summed E-state index contributed by atoms with van der Waals surface area (Å²) in [7, 11) is 3.79. The Morgan fingerprint density at radius 2 is 1.68 bits per heavy atom. The summed E-state index contributed by atoms with van der Waals surface area (Å²) in [4.78, 5) is 4.12. The number of fused-ring (bicyclic) bond motifs is 1. The van der Waals surface area contributed by atoms with Gasteiger partial charge in [-0.05, 0) is 35.5 Å². The van der Waals surface area contributed by atoms with E-state index in [1.807, 2.05) is 55.4 Å². The highest BCUT2D eigenvalue weighted by Crippen LogP contribution is 2.24. The number of hydrogen-bond acceptors (Lipinski definition) is 3. The Morgan fingerprint density at radius 1 is 1.04 bits per heavy atom. The largest absolute Gasteiger partial charge is 0.871 e. The van der Waals surface area contributed by atoms with Crippen LogP contribution in [0.15, 0.2) is 66.0 Å². The van der Waals surface area contributed by atoms with E-state index in [1.54, 1.807) is 0 Å². The maximum atomic E-state index is 13.2. The van der Waals surface area contributed by atoms with E-state index in [0.717, 1.165) is 29.4 Å². The first-order valence-corrected chi connectivity index (χ1v) is 8.71. The molecule has 0 amide bonds. The van der Waals surface area contributed by atoms with Gasteiger partial charge >= 0.3 is 0 Å². The van der Waals surface area contributed by atoms with Gasteiger partial charge in [-0.15, -0.1) is 5.73 Å². The Labute approximate surface area is 151 Å². The van der Waals surface area contributed by atoms with Crippen LogP contribution in [0.1, 0.15) is 19.4 Å². The van der Waals surface area contributed by atoms with E-state index in [-0.39, 0.29) is 5.76 Å². The summed E-state index contributed by atoms with van der Waals surface area (Å²) in [5.74, 6) is 0.00839. The first-order valence-electron chi connectivity index (χ1n) is 8.71. The van der Waals surface area contributed by atoms with E-state index in [1.165, 1.54) is 0 Å². The summed E-state index contributed by atoms with van der Waals surface area (Å²) in [5.41, 5.74) is 5.18. The first kappa shape index (κ1) is 18.9. The second-order valence-corrected chi connectivity index (χ2v) is 6.25. The van der Waals surface area contributed by atoms with E-state index >= 15 is 0 Å². The molecule has 3 nitrogen and oxygen atoms in total. The molecule has 25 heavy (non-hydrogen) atoms. The number of hydrogen-bond donors (Lipinski definition) is 0. The number of rotatable bonds is 7. The fraction of sp³-hybridized carbons (Fsp3) is 0.318. The van der Waals surface area contributed by atoms with Crippen LogP contribution in [-0.4, -0.2) is 43.5 Å². The maximum Gasteiger partial charge on any atom is 0.0411 e. The zero-order valence-corrected chi connectivity index (χ0v) is 15.7. The van der Waals surface area contributed by atoms with Gasteiger partial charge < -0.3 is 10.0 Å². The minimum absolute atomic E-state index is 0.00839. The van der Waals surface area contributed by atoms with Gasteiger partial charge in [0.25, 0.3) is 0 Å². The van der Waals surface area contributed by atoms with Gasteiger partial charge in [0.05, 0.1) is 0 Å². The molecule has 0 unspecified atom stereocenters. The predicted octanol–water partition coefficient (Wildman–Crippen LogP) is 3.48. The molecule has 0 bridgehead atoms. The van der Waals surface area contributed by atoms with Gasteiger partial charge in [-0.3, -0.25) is 4.90 Å². The summed E-state index contributed by atoms with van der Waals surface area (Å²) in [6, 6.07) is 13.9. The highest BCUT2D eigenvalue weighted by Gasteiger charge is 2.13. The molecular formula is C22H27N2O-. The van der Waals surface area contributed by atoms with Gasteiger partial charge in [0, 0.05) is 31.9 Å².